The summed E-state index contributed by atoms with van der Waals surface area (Å²) in [5.74, 6) is 0.542. The normalized spacial score (nSPS) is 10.9. The molecule has 0 aliphatic carbocycles. The molecular formula is C25H22N6O2S. The minimum Gasteiger partial charge on any atom is -0.497 e. The number of amides is 1. The third kappa shape index (κ3) is 4.16. The number of benzene rings is 2. The van der Waals surface area contributed by atoms with E-state index in [-0.39, 0.29) is 5.91 Å². The first-order valence-electron chi connectivity index (χ1n) is 10.5. The Morgan fingerprint density at radius 3 is 2.68 bits per heavy atom. The van der Waals surface area contributed by atoms with E-state index in [1.807, 2.05) is 60.1 Å². The summed E-state index contributed by atoms with van der Waals surface area (Å²) in [6.07, 6.45) is 3.78. The van der Waals surface area contributed by atoms with Gasteiger partial charge in [0.05, 0.1) is 34.7 Å². The van der Waals surface area contributed by atoms with E-state index in [1.165, 1.54) is 11.3 Å². The molecule has 3 heterocycles. The monoisotopic (exact) mass is 470 g/mol. The van der Waals surface area contributed by atoms with Gasteiger partial charge in [0.1, 0.15) is 11.4 Å². The highest BCUT2D eigenvalue weighted by atomic mass is 32.1. The minimum absolute atomic E-state index is 0.222. The number of nitrogens with zero attached hydrogens (tertiary/aromatic N) is 3. The fourth-order valence-electron chi connectivity index (χ4n) is 3.64. The van der Waals surface area contributed by atoms with Crippen LogP contribution in [0.5, 0.6) is 5.75 Å². The number of carbonyl (C=O) groups is 1. The van der Waals surface area contributed by atoms with Crippen LogP contribution in [0.2, 0.25) is 0 Å². The van der Waals surface area contributed by atoms with Gasteiger partial charge in [-0.2, -0.15) is 0 Å². The number of nitrogens with one attached hydrogen (secondary N) is 2. The van der Waals surface area contributed by atoms with E-state index in [0.29, 0.717) is 16.9 Å². The number of aryl methyl sites for hydroxylation is 1. The van der Waals surface area contributed by atoms with Gasteiger partial charge < -0.3 is 21.1 Å². The second-order valence-electron chi connectivity index (χ2n) is 7.61. The van der Waals surface area contributed by atoms with Crippen LogP contribution in [0, 0.1) is 6.92 Å². The number of anilines is 4. The number of nitrogens with two attached hydrogens (primary N) is 1. The number of thiazole rings is 1. The first-order chi connectivity index (χ1) is 16.5. The molecule has 9 heteroatoms. The molecule has 0 aliphatic heterocycles. The summed E-state index contributed by atoms with van der Waals surface area (Å²) in [5.41, 5.74) is 11.1. The van der Waals surface area contributed by atoms with Gasteiger partial charge in [0.15, 0.2) is 5.13 Å². The van der Waals surface area contributed by atoms with Crippen LogP contribution in [0.15, 0.2) is 73.1 Å². The van der Waals surface area contributed by atoms with Crippen LogP contribution in [0.1, 0.15) is 16.1 Å². The number of hydrogen-bond donors (Lipinski definition) is 3. The van der Waals surface area contributed by atoms with Crippen molar-refractivity contribution < 1.29 is 9.53 Å². The average molecular weight is 471 g/mol. The number of methoxy groups -OCH3 is 1. The van der Waals surface area contributed by atoms with Crippen molar-refractivity contribution in [3.8, 4) is 16.3 Å². The zero-order chi connectivity index (χ0) is 23.7. The lowest BCUT2D eigenvalue weighted by molar-refractivity contribution is 0.102. The smallest absolute Gasteiger partial charge is 0.255 e. The molecule has 4 N–H and O–H groups in total. The summed E-state index contributed by atoms with van der Waals surface area (Å²) >= 11 is 1.53. The number of carbonyl (C=O) groups excluding carboxylic acids is 1. The van der Waals surface area contributed by atoms with Gasteiger partial charge in [0, 0.05) is 29.7 Å². The van der Waals surface area contributed by atoms with Gasteiger partial charge in [-0.3, -0.25) is 9.20 Å². The van der Waals surface area contributed by atoms with Crippen molar-refractivity contribution in [1.82, 2.24) is 14.4 Å². The molecule has 5 aromatic rings. The zero-order valence-corrected chi connectivity index (χ0v) is 19.4. The molecule has 1 amide bonds. The van der Waals surface area contributed by atoms with Gasteiger partial charge >= 0.3 is 0 Å². The summed E-state index contributed by atoms with van der Waals surface area (Å²) in [6, 6.07) is 18.2. The number of imidazole rings is 1. The third-order valence-electron chi connectivity index (χ3n) is 5.35. The Hall–Kier alpha value is -4.37. The summed E-state index contributed by atoms with van der Waals surface area (Å²) in [5, 5.41) is 6.88. The van der Waals surface area contributed by atoms with Gasteiger partial charge in [-0.25, -0.2) is 9.97 Å². The predicted molar refractivity (Wildman–Crippen MR) is 136 cm³/mol. The second kappa shape index (κ2) is 8.87. The molecule has 3 aromatic heterocycles. The topological polar surface area (TPSA) is 107 Å². The molecular weight excluding hydrogens is 448 g/mol. The van der Waals surface area contributed by atoms with E-state index >= 15 is 0 Å². The molecule has 34 heavy (non-hydrogen) atoms. The highest BCUT2D eigenvalue weighted by molar-refractivity contribution is 7.18. The van der Waals surface area contributed by atoms with Crippen LogP contribution < -0.4 is 21.1 Å². The highest BCUT2D eigenvalue weighted by Crippen LogP contribution is 2.34. The van der Waals surface area contributed by atoms with Crippen LogP contribution in [0.3, 0.4) is 0 Å². The molecule has 0 unspecified atom stereocenters. The quantitative estimate of drug-likeness (QED) is 0.289. The van der Waals surface area contributed by atoms with Gasteiger partial charge in [-0.15, -0.1) is 0 Å². The number of hydrogen-bond acceptors (Lipinski definition) is 7. The van der Waals surface area contributed by atoms with Gasteiger partial charge in [-0.05, 0) is 49.4 Å². The van der Waals surface area contributed by atoms with Crippen molar-refractivity contribution in [3.63, 3.8) is 0 Å². The van der Waals surface area contributed by atoms with Crippen molar-refractivity contribution in [2.75, 3.05) is 23.5 Å². The molecule has 0 saturated heterocycles. The largest absolute Gasteiger partial charge is 0.497 e. The SMILES string of the molecule is COc1ccn2c(-c3cnc(Nc4ccc(C(=O)Nc5ccccc5N)cc4)s3)c(C)nc2c1. The standard InChI is InChI=1S/C25H22N6O2S/c1-15-23(31-12-11-18(33-2)13-22(31)28-15)21-14-27-25(34-21)29-17-9-7-16(8-10-17)24(32)30-20-6-4-3-5-19(20)26/h3-14H,26H2,1-2H3,(H,27,29)(H,30,32). The summed E-state index contributed by atoms with van der Waals surface area (Å²) < 4.78 is 7.33. The van der Waals surface area contributed by atoms with Crippen LogP contribution in [-0.2, 0) is 0 Å². The first-order valence-corrected chi connectivity index (χ1v) is 11.4. The molecule has 0 fully saturated rings. The lowest BCUT2D eigenvalue weighted by Gasteiger charge is -2.08. The molecule has 0 aliphatic rings. The minimum atomic E-state index is -0.222. The van der Waals surface area contributed by atoms with E-state index in [4.69, 9.17) is 10.5 Å². The Labute approximate surface area is 200 Å². The Morgan fingerprint density at radius 1 is 1.12 bits per heavy atom. The number of aromatic nitrogens is 3. The Morgan fingerprint density at radius 2 is 1.91 bits per heavy atom. The van der Waals surface area contributed by atoms with E-state index < -0.39 is 0 Å². The Bertz CT molecular complexity index is 1490. The van der Waals surface area contributed by atoms with Crippen LogP contribution in [0.25, 0.3) is 16.2 Å². The predicted octanol–water partition coefficient (Wildman–Crippen LogP) is 5.35. The number of rotatable bonds is 6. The zero-order valence-electron chi connectivity index (χ0n) is 18.6. The summed E-state index contributed by atoms with van der Waals surface area (Å²) in [7, 11) is 1.64. The first kappa shape index (κ1) is 21.5. The third-order valence-corrected chi connectivity index (χ3v) is 6.27. The number of pyridine rings is 1. The van der Waals surface area contributed by atoms with Crippen molar-refractivity contribution in [2.45, 2.75) is 6.92 Å². The van der Waals surface area contributed by atoms with Crippen molar-refractivity contribution in [2.24, 2.45) is 0 Å². The molecule has 5 rings (SSSR count). The van der Waals surface area contributed by atoms with Crippen molar-refractivity contribution in [1.29, 1.82) is 0 Å². The van der Waals surface area contributed by atoms with Crippen LogP contribution in [0.4, 0.5) is 22.2 Å². The molecule has 0 bridgehead atoms. The van der Waals surface area contributed by atoms with E-state index in [9.17, 15) is 4.79 Å². The number of nitrogen functional groups attached to an aromatic ring is 1. The average Bonchev–Trinajstić information content (AvgIpc) is 3.43. The second-order valence-corrected chi connectivity index (χ2v) is 8.64. The van der Waals surface area contributed by atoms with E-state index in [2.05, 4.69) is 20.6 Å². The molecule has 0 atom stereocenters. The van der Waals surface area contributed by atoms with Crippen molar-refractivity contribution >= 4 is 45.1 Å². The van der Waals surface area contributed by atoms with Gasteiger partial charge in [0.25, 0.3) is 5.91 Å². The van der Waals surface area contributed by atoms with Crippen LogP contribution >= 0.6 is 11.3 Å². The summed E-state index contributed by atoms with van der Waals surface area (Å²) in [4.78, 5) is 22.7. The van der Waals surface area contributed by atoms with Gasteiger partial charge in [0.2, 0.25) is 0 Å². The molecule has 2 aromatic carbocycles. The lowest BCUT2D eigenvalue weighted by atomic mass is 10.2. The summed E-state index contributed by atoms with van der Waals surface area (Å²) in [6.45, 7) is 1.98. The Kier molecular flexibility index (Phi) is 5.60. The molecule has 8 nitrogen and oxygen atoms in total. The molecule has 0 spiro atoms. The number of para-hydroxylation sites is 2. The molecule has 0 saturated carbocycles. The fraction of sp³-hybridized carbons (Fsp3) is 0.0800. The van der Waals surface area contributed by atoms with Gasteiger partial charge in [-0.1, -0.05) is 23.5 Å². The number of fused-ring (bicyclic) bond motifs is 1. The molecule has 0 radical (unpaired) electrons. The lowest BCUT2D eigenvalue weighted by Crippen LogP contribution is -2.13. The van der Waals surface area contributed by atoms with E-state index in [0.717, 1.165) is 38.5 Å². The maximum absolute atomic E-state index is 12.5. The Balaban J connectivity index is 1.31. The highest BCUT2D eigenvalue weighted by Gasteiger charge is 2.15. The van der Waals surface area contributed by atoms with E-state index in [1.54, 1.807) is 31.4 Å². The fourth-order valence-corrected chi connectivity index (χ4v) is 4.57. The maximum atomic E-state index is 12.5. The van der Waals surface area contributed by atoms with Crippen molar-refractivity contribution in [3.05, 3.63) is 84.3 Å². The maximum Gasteiger partial charge on any atom is 0.255 e. The number of ether oxygens (including phenoxy) is 1. The van der Waals surface area contributed by atoms with Crippen LogP contribution in [-0.4, -0.2) is 27.4 Å². The molecule has 170 valence electrons.